The van der Waals surface area contributed by atoms with E-state index < -0.39 is 23.7 Å². The summed E-state index contributed by atoms with van der Waals surface area (Å²) in [6.45, 7) is 10.00. The number of hydrogen-bond donors (Lipinski definition) is 2. The molecule has 134 valence electrons. The summed E-state index contributed by atoms with van der Waals surface area (Å²) in [5.74, 6) is -1.08. The molecule has 0 bridgehead atoms. The summed E-state index contributed by atoms with van der Waals surface area (Å²) in [5, 5.41) is 11.9. The molecule has 0 aliphatic heterocycles. The molecule has 0 aromatic heterocycles. The van der Waals surface area contributed by atoms with Crippen LogP contribution in [0.3, 0.4) is 0 Å². The molecule has 1 atom stereocenters. The van der Waals surface area contributed by atoms with E-state index in [-0.39, 0.29) is 12.6 Å². The topological polar surface area (TPSA) is 78.9 Å². The largest absolute Gasteiger partial charge is 0.480 e. The lowest BCUT2D eigenvalue weighted by Crippen LogP contribution is -2.50. The van der Waals surface area contributed by atoms with Crippen LogP contribution in [0.25, 0.3) is 0 Å². The van der Waals surface area contributed by atoms with E-state index in [9.17, 15) is 14.7 Å². The van der Waals surface area contributed by atoms with Crippen molar-refractivity contribution in [2.24, 2.45) is 0 Å². The molecule has 0 fully saturated rings. The van der Waals surface area contributed by atoms with E-state index in [1.807, 2.05) is 49.1 Å². The van der Waals surface area contributed by atoms with Gasteiger partial charge in [0, 0.05) is 19.1 Å². The smallest absolute Gasteiger partial charge is 0.408 e. The third-order valence-electron chi connectivity index (χ3n) is 3.36. The zero-order chi connectivity index (χ0) is 18.3. The van der Waals surface area contributed by atoms with Crippen LogP contribution in [0.2, 0.25) is 0 Å². The predicted octanol–water partition coefficient (Wildman–Crippen LogP) is 2.87. The Morgan fingerprint density at radius 2 is 1.79 bits per heavy atom. The van der Waals surface area contributed by atoms with E-state index in [2.05, 4.69) is 5.32 Å². The van der Waals surface area contributed by atoms with Crippen LogP contribution in [0.5, 0.6) is 0 Å². The molecule has 0 unspecified atom stereocenters. The summed E-state index contributed by atoms with van der Waals surface area (Å²) in [6.07, 6.45) is -0.724. The van der Waals surface area contributed by atoms with Crippen LogP contribution in [0, 0.1) is 0 Å². The van der Waals surface area contributed by atoms with Crippen molar-refractivity contribution in [3.63, 3.8) is 0 Å². The number of rotatable bonds is 7. The molecule has 0 saturated carbocycles. The molecule has 0 saturated heterocycles. The summed E-state index contributed by atoms with van der Waals surface area (Å²) in [7, 11) is 0. The van der Waals surface area contributed by atoms with Crippen molar-refractivity contribution < 1.29 is 19.4 Å². The fourth-order valence-electron chi connectivity index (χ4n) is 2.15. The highest BCUT2D eigenvalue weighted by molar-refractivity contribution is 5.80. The second kappa shape index (κ2) is 8.68. The van der Waals surface area contributed by atoms with Gasteiger partial charge in [-0.2, -0.15) is 0 Å². The molecule has 1 aromatic rings. The van der Waals surface area contributed by atoms with Crippen LogP contribution in [0.4, 0.5) is 4.79 Å². The molecule has 0 aliphatic rings. The number of nitrogens with one attached hydrogen (secondary N) is 1. The Hall–Kier alpha value is -2.08. The van der Waals surface area contributed by atoms with Gasteiger partial charge in [-0.1, -0.05) is 30.3 Å². The Morgan fingerprint density at radius 3 is 2.25 bits per heavy atom. The van der Waals surface area contributed by atoms with Crippen molar-refractivity contribution >= 4 is 12.1 Å². The number of benzene rings is 1. The van der Waals surface area contributed by atoms with Crippen molar-refractivity contribution in [3.8, 4) is 0 Å². The average Bonchev–Trinajstić information content (AvgIpc) is 2.44. The first-order valence-electron chi connectivity index (χ1n) is 8.09. The SMILES string of the molecule is CC(C)N(Cc1ccccc1)C[C@@H](NC(=O)OC(C)(C)C)C(=O)O. The third kappa shape index (κ3) is 7.46. The van der Waals surface area contributed by atoms with E-state index in [1.54, 1.807) is 20.8 Å². The number of carboxylic acid groups (broad SMARTS) is 1. The van der Waals surface area contributed by atoms with Gasteiger partial charge in [-0.05, 0) is 40.2 Å². The highest BCUT2D eigenvalue weighted by Gasteiger charge is 2.27. The minimum Gasteiger partial charge on any atom is -0.480 e. The van der Waals surface area contributed by atoms with Gasteiger partial charge in [0.05, 0.1) is 0 Å². The minimum atomic E-state index is -1.08. The van der Waals surface area contributed by atoms with E-state index in [4.69, 9.17) is 4.74 Å². The summed E-state index contributed by atoms with van der Waals surface area (Å²) >= 11 is 0. The lowest BCUT2D eigenvalue weighted by molar-refractivity contribution is -0.140. The summed E-state index contributed by atoms with van der Waals surface area (Å²) in [4.78, 5) is 25.4. The monoisotopic (exact) mass is 336 g/mol. The van der Waals surface area contributed by atoms with Gasteiger partial charge in [0.2, 0.25) is 0 Å². The molecule has 24 heavy (non-hydrogen) atoms. The number of amides is 1. The highest BCUT2D eigenvalue weighted by atomic mass is 16.6. The number of hydrogen-bond acceptors (Lipinski definition) is 4. The molecule has 0 spiro atoms. The summed E-state index contributed by atoms with van der Waals surface area (Å²) in [5.41, 5.74) is 0.419. The van der Waals surface area contributed by atoms with Crippen molar-refractivity contribution in [1.29, 1.82) is 0 Å². The Morgan fingerprint density at radius 1 is 1.21 bits per heavy atom. The van der Waals surface area contributed by atoms with Crippen molar-refractivity contribution in [1.82, 2.24) is 10.2 Å². The van der Waals surface area contributed by atoms with Gasteiger partial charge in [-0.25, -0.2) is 9.59 Å². The molecular weight excluding hydrogens is 308 g/mol. The number of carboxylic acids is 1. The standard InChI is InChI=1S/C18H28N2O4/c1-13(2)20(11-14-9-7-6-8-10-14)12-15(16(21)22)19-17(23)24-18(3,4)5/h6-10,13,15H,11-12H2,1-5H3,(H,19,23)(H,21,22)/t15-/m1/s1. The van der Waals surface area contributed by atoms with E-state index in [0.717, 1.165) is 5.56 Å². The number of aliphatic carboxylic acids is 1. The van der Waals surface area contributed by atoms with Gasteiger partial charge in [0.15, 0.2) is 0 Å². The number of carbonyl (C=O) groups is 2. The first-order valence-corrected chi connectivity index (χ1v) is 8.09. The molecule has 1 rings (SSSR count). The molecule has 6 nitrogen and oxygen atoms in total. The Labute approximate surface area is 143 Å². The fourth-order valence-corrected chi connectivity index (χ4v) is 2.15. The van der Waals surface area contributed by atoms with Gasteiger partial charge in [-0.15, -0.1) is 0 Å². The number of nitrogens with zero attached hydrogens (tertiary/aromatic N) is 1. The third-order valence-corrected chi connectivity index (χ3v) is 3.36. The Kier molecular flexibility index (Phi) is 7.22. The second-order valence-corrected chi connectivity index (χ2v) is 7.05. The van der Waals surface area contributed by atoms with Crippen LogP contribution in [0.15, 0.2) is 30.3 Å². The van der Waals surface area contributed by atoms with Crippen LogP contribution in [0.1, 0.15) is 40.2 Å². The zero-order valence-electron chi connectivity index (χ0n) is 15.1. The van der Waals surface area contributed by atoms with Gasteiger partial charge in [0.1, 0.15) is 11.6 Å². The van der Waals surface area contributed by atoms with Gasteiger partial charge < -0.3 is 15.2 Å². The molecule has 6 heteroatoms. The predicted molar refractivity (Wildman–Crippen MR) is 92.8 cm³/mol. The molecule has 0 heterocycles. The molecule has 1 aromatic carbocycles. The average molecular weight is 336 g/mol. The van der Waals surface area contributed by atoms with Crippen LogP contribution in [-0.4, -0.2) is 46.3 Å². The molecule has 0 radical (unpaired) electrons. The van der Waals surface area contributed by atoms with Crippen LogP contribution >= 0.6 is 0 Å². The maximum absolute atomic E-state index is 11.9. The van der Waals surface area contributed by atoms with E-state index in [0.29, 0.717) is 6.54 Å². The van der Waals surface area contributed by atoms with Gasteiger partial charge in [0.25, 0.3) is 0 Å². The molecule has 0 aliphatic carbocycles. The van der Waals surface area contributed by atoms with Crippen molar-refractivity contribution in [2.45, 2.75) is 58.8 Å². The molecular formula is C18H28N2O4. The zero-order valence-corrected chi connectivity index (χ0v) is 15.1. The first-order chi connectivity index (χ1) is 11.1. The maximum atomic E-state index is 11.9. The summed E-state index contributed by atoms with van der Waals surface area (Å²) < 4.78 is 5.15. The van der Waals surface area contributed by atoms with Crippen LogP contribution in [-0.2, 0) is 16.1 Å². The highest BCUT2D eigenvalue weighted by Crippen LogP contribution is 2.10. The Bertz CT molecular complexity index is 538. The maximum Gasteiger partial charge on any atom is 0.408 e. The second-order valence-electron chi connectivity index (χ2n) is 7.05. The lowest BCUT2D eigenvalue weighted by atomic mass is 10.1. The van der Waals surface area contributed by atoms with Crippen LogP contribution < -0.4 is 5.32 Å². The molecule has 1 amide bonds. The van der Waals surface area contributed by atoms with E-state index in [1.165, 1.54) is 0 Å². The minimum absolute atomic E-state index is 0.132. The number of ether oxygens (including phenoxy) is 1. The Balaban J connectivity index is 2.76. The number of alkyl carbamates (subject to hydrolysis) is 1. The summed E-state index contributed by atoms with van der Waals surface area (Å²) in [6, 6.07) is 8.91. The van der Waals surface area contributed by atoms with Gasteiger partial charge in [-0.3, -0.25) is 4.90 Å². The normalized spacial score (nSPS) is 13.0. The first kappa shape index (κ1) is 20.0. The van der Waals surface area contributed by atoms with E-state index >= 15 is 0 Å². The van der Waals surface area contributed by atoms with Crippen molar-refractivity contribution in [3.05, 3.63) is 35.9 Å². The number of carbonyl (C=O) groups excluding carboxylic acids is 1. The van der Waals surface area contributed by atoms with Crippen molar-refractivity contribution in [2.75, 3.05) is 6.54 Å². The lowest BCUT2D eigenvalue weighted by Gasteiger charge is -2.30. The molecule has 2 N–H and O–H groups in total. The quantitative estimate of drug-likeness (QED) is 0.800. The fraction of sp³-hybridized carbons (Fsp3) is 0.556. The van der Waals surface area contributed by atoms with Gasteiger partial charge >= 0.3 is 12.1 Å².